The molecule has 0 bridgehead atoms. The maximum Gasteiger partial charge on any atom is 0.0490 e. The number of anilines is 2. The van der Waals surface area contributed by atoms with Crippen molar-refractivity contribution < 1.29 is 0 Å². The Balaban J connectivity index is 0.994. The van der Waals surface area contributed by atoms with Crippen molar-refractivity contribution in [2.24, 2.45) is 0 Å². The number of hydrogen-bond acceptors (Lipinski definition) is 1. The van der Waals surface area contributed by atoms with Crippen LogP contribution in [0, 0.1) is 6.92 Å². The maximum atomic E-state index is 4.60. The summed E-state index contributed by atoms with van der Waals surface area (Å²) in [6.07, 6.45) is 0. The lowest BCUT2D eigenvalue weighted by Crippen LogP contribution is -2.15. The highest BCUT2D eigenvalue weighted by Crippen LogP contribution is 2.46. The van der Waals surface area contributed by atoms with E-state index < -0.39 is 0 Å². The number of hydrogen-bond donors (Lipinski definition) is 0. The summed E-state index contributed by atoms with van der Waals surface area (Å²) in [5.41, 5.74) is 15.1. The van der Waals surface area contributed by atoms with E-state index in [-0.39, 0.29) is 0 Å². The Morgan fingerprint density at radius 2 is 0.774 bits per heavy atom. The predicted molar refractivity (Wildman–Crippen MR) is 267 cm³/mol. The smallest absolute Gasteiger partial charge is 0.0490 e. The normalized spacial score (nSPS) is 11.4. The van der Waals surface area contributed by atoms with Crippen LogP contribution >= 0.6 is 0 Å². The second-order valence-electron chi connectivity index (χ2n) is 16.2. The third-order valence-corrected chi connectivity index (χ3v) is 12.5. The van der Waals surface area contributed by atoms with Crippen LogP contribution in [-0.2, 0) is 0 Å². The lowest BCUT2D eigenvalue weighted by atomic mass is 9.84. The summed E-state index contributed by atoms with van der Waals surface area (Å²) in [5.74, 6) is 0. The van der Waals surface area contributed by atoms with Gasteiger partial charge in [0.15, 0.2) is 0 Å². The monoisotopic (exact) mass is 789 g/mol. The fourth-order valence-electron chi connectivity index (χ4n) is 9.34. The molecule has 0 aliphatic rings. The summed E-state index contributed by atoms with van der Waals surface area (Å²) in [6.45, 7) is 6.76. The Morgan fingerprint density at radius 3 is 1.37 bits per heavy atom. The second kappa shape index (κ2) is 15.6. The molecule has 11 aromatic carbocycles. The third kappa shape index (κ3) is 6.61. The molecule has 0 unspecified atom stereocenters. The molecule has 11 aromatic rings. The van der Waals surface area contributed by atoms with E-state index in [1.807, 2.05) is 0 Å². The van der Waals surface area contributed by atoms with E-state index in [4.69, 9.17) is 0 Å². The molecule has 0 N–H and O–H groups in total. The van der Waals surface area contributed by atoms with Crippen molar-refractivity contribution in [3.8, 4) is 44.5 Å². The summed E-state index contributed by atoms with van der Waals surface area (Å²) in [7, 11) is 0. The van der Waals surface area contributed by atoms with Crippen molar-refractivity contribution in [2.75, 3.05) is 4.90 Å². The Kier molecular flexibility index (Phi) is 9.29. The first-order valence-electron chi connectivity index (χ1n) is 21.4. The van der Waals surface area contributed by atoms with E-state index in [1.165, 1.54) is 93.2 Å². The van der Waals surface area contributed by atoms with Gasteiger partial charge in [-0.3, -0.25) is 0 Å². The molecule has 0 atom stereocenters. The number of nitrogens with zero attached hydrogens (tertiary/aromatic N) is 1. The number of aryl methyl sites for hydroxylation is 1. The Labute approximate surface area is 363 Å². The Morgan fingerprint density at radius 1 is 0.339 bits per heavy atom. The van der Waals surface area contributed by atoms with Crippen molar-refractivity contribution in [1.29, 1.82) is 0 Å². The molecular formula is C61H43N. The van der Waals surface area contributed by atoms with Crippen LogP contribution in [0.2, 0.25) is 0 Å². The lowest BCUT2D eigenvalue weighted by Gasteiger charge is -2.29. The summed E-state index contributed by atoms with van der Waals surface area (Å²) in [4.78, 5) is 2.25. The van der Waals surface area contributed by atoms with Crippen molar-refractivity contribution in [3.63, 3.8) is 0 Å². The van der Waals surface area contributed by atoms with Crippen LogP contribution in [0.25, 0.3) is 93.3 Å². The van der Waals surface area contributed by atoms with Gasteiger partial charge in [-0.2, -0.15) is 0 Å². The molecule has 0 aromatic heterocycles. The number of benzene rings is 11. The second-order valence-corrected chi connectivity index (χ2v) is 16.2. The van der Waals surface area contributed by atoms with E-state index in [0.29, 0.717) is 0 Å². The molecule has 0 saturated carbocycles. The first-order valence-corrected chi connectivity index (χ1v) is 21.4. The molecule has 0 heterocycles. The molecule has 0 saturated heterocycles. The van der Waals surface area contributed by atoms with Gasteiger partial charge in [0.25, 0.3) is 0 Å². The molecule has 0 amide bonds. The zero-order valence-electron chi connectivity index (χ0n) is 34.6. The molecule has 1 nitrogen and oxygen atoms in total. The SMILES string of the molecule is C=C(c1ccc(-c2ccc(-c3ccc4c(-c5ccc6ccccc6c5)c5ccccc5c(-c5ccc6ccccc6c5)c4c3)cc2)cc1)N(c1ccccc1)c1ccccc1C. The fraction of sp³-hybridized carbons (Fsp3) is 0.0164. The summed E-state index contributed by atoms with van der Waals surface area (Å²) in [6, 6.07) is 83.9. The van der Waals surface area contributed by atoms with Gasteiger partial charge in [-0.15, -0.1) is 0 Å². The minimum Gasteiger partial charge on any atom is -0.310 e. The molecule has 0 aliphatic carbocycles. The van der Waals surface area contributed by atoms with E-state index >= 15 is 0 Å². The highest BCUT2D eigenvalue weighted by molar-refractivity contribution is 6.22. The van der Waals surface area contributed by atoms with Crippen LogP contribution in [0.3, 0.4) is 0 Å². The van der Waals surface area contributed by atoms with Gasteiger partial charge in [0.2, 0.25) is 0 Å². The average Bonchev–Trinajstić information content (AvgIpc) is 3.34. The van der Waals surface area contributed by atoms with E-state index in [0.717, 1.165) is 22.6 Å². The molecule has 0 aliphatic heterocycles. The van der Waals surface area contributed by atoms with Crippen LogP contribution in [0.4, 0.5) is 11.4 Å². The van der Waals surface area contributed by atoms with Gasteiger partial charge in [-0.25, -0.2) is 0 Å². The summed E-state index contributed by atoms with van der Waals surface area (Å²) < 4.78 is 0. The van der Waals surface area contributed by atoms with Crippen molar-refractivity contribution in [3.05, 3.63) is 248 Å². The molecule has 1 heteroatoms. The van der Waals surface area contributed by atoms with Gasteiger partial charge < -0.3 is 4.90 Å². The first kappa shape index (κ1) is 37.0. The predicted octanol–water partition coefficient (Wildman–Crippen LogP) is 17.1. The molecule has 11 rings (SSSR count). The minimum absolute atomic E-state index is 0.934. The number of para-hydroxylation sites is 2. The largest absolute Gasteiger partial charge is 0.310 e. The molecule has 0 fully saturated rings. The summed E-state index contributed by atoms with van der Waals surface area (Å²) >= 11 is 0. The number of rotatable bonds is 8. The van der Waals surface area contributed by atoms with Crippen molar-refractivity contribution >= 4 is 60.2 Å². The van der Waals surface area contributed by atoms with Crippen molar-refractivity contribution in [1.82, 2.24) is 0 Å². The maximum absolute atomic E-state index is 4.60. The summed E-state index contributed by atoms with van der Waals surface area (Å²) in [5, 5.41) is 9.98. The zero-order valence-corrected chi connectivity index (χ0v) is 34.6. The van der Waals surface area contributed by atoms with Gasteiger partial charge in [0.1, 0.15) is 0 Å². The van der Waals surface area contributed by atoms with Crippen LogP contribution in [0.1, 0.15) is 11.1 Å². The molecule has 62 heavy (non-hydrogen) atoms. The molecular weight excluding hydrogens is 747 g/mol. The zero-order chi connectivity index (χ0) is 41.6. The lowest BCUT2D eigenvalue weighted by molar-refractivity contribution is 1.26. The van der Waals surface area contributed by atoms with Gasteiger partial charge in [0.05, 0.1) is 0 Å². The molecule has 292 valence electrons. The van der Waals surface area contributed by atoms with E-state index in [2.05, 4.69) is 249 Å². The van der Waals surface area contributed by atoms with Crippen LogP contribution in [0.5, 0.6) is 0 Å². The highest BCUT2D eigenvalue weighted by Gasteiger charge is 2.19. The quantitative estimate of drug-likeness (QED) is 0.139. The van der Waals surface area contributed by atoms with Crippen LogP contribution in [-0.4, -0.2) is 0 Å². The van der Waals surface area contributed by atoms with E-state index in [1.54, 1.807) is 0 Å². The third-order valence-electron chi connectivity index (χ3n) is 12.5. The van der Waals surface area contributed by atoms with Gasteiger partial charge in [-0.1, -0.05) is 201 Å². The fourth-order valence-corrected chi connectivity index (χ4v) is 9.34. The topological polar surface area (TPSA) is 3.24 Å². The van der Waals surface area contributed by atoms with Gasteiger partial charge in [0, 0.05) is 17.1 Å². The standard InChI is InChI=1S/C61H43N/c1-41-14-6-13-23-59(41)62(54-19-4-3-5-20-54)42(2)43-24-26-46(27-25-43)47-28-30-48(31-29-47)51-36-37-57-58(40-51)61(53-35-33-45-16-8-10-18-50(45)39-53)56-22-12-11-21-55(56)60(57)52-34-32-44-15-7-9-17-49(44)38-52/h3-40H,2H2,1H3. The van der Waals surface area contributed by atoms with Gasteiger partial charge in [-0.05, 0) is 142 Å². The van der Waals surface area contributed by atoms with Gasteiger partial charge >= 0.3 is 0 Å². The van der Waals surface area contributed by atoms with Crippen molar-refractivity contribution in [2.45, 2.75) is 6.92 Å². The molecule has 0 spiro atoms. The minimum atomic E-state index is 0.934. The first-order chi connectivity index (χ1) is 30.6. The highest BCUT2D eigenvalue weighted by atomic mass is 15.1. The van der Waals surface area contributed by atoms with Crippen LogP contribution < -0.4 is 4.90 Å². The Bertz CT molecular complexity index is 3470. The van der Waals surface area contributed by atoms with Crippen LogP contribution in [0.15, 0.2) is 237 Å². The Hall–Kier alpha value is -8.00. The molecule has 0 radical (unpaired) electrons. The number of fused-ring (bicyclic) bond motifs is 4. The average molecular weight is 790 g/mol. The van der Waals surface area contributed by atoms with E-state index in [9.17, 15) is 0 Å².